The van der Waals surface area contributed by atoms with Crippen molar-refractivity contribution < 1.29 is 9.32 Å². The van der Waals surface area contributed by atoms with Crippen molar-refractivity contribution in [1.82, 2.24) is 5.32 Å². The van der Waals surface area contributed by atoms with Gasteiger partial charge in [0.1, 0.15) is 0 Å². The van der Waals surface area contributed by atoms with Gasteiger partial charge in [0, 0.05) is 35.1 Å². The minimum Gasteiger partial charge on any atom is -0.396 e. The van der Waals surface area contributed by atoms with Crippen molar-refractivity contribution in [2.45, 2.75) is 17.9 Å². The molecule has 2 N–H and O–H groups in total. The molecular formula is C11H17NO2S. The SMILES string of the molecule is CS(=O)c1ccc(CNCCCO)cc1. The molecule has 0 radical (unpaired) electrons. The minimum absolute atomic E-state index is 0.223. The maximum atomic E-state index is 11.1. The number of nitrogens with one attached hydrogen (secondary N) is 1. The number of benzene rings is 1. The molecule has 15 heavy (non-hydrogen) atoms. The first-order chi connectivity index (χ1) is 7.24. The number of aliphatic hydroxyl groups is 1. The predicted octanol–water partition coefficient (Wildman–Crippen LogP) is 0.896. The lowest BCUT2D eigenvalue weighted by atomic mass is 10.2. The highest BCUT2D eigenvalue weighted by Gasteiger charge is 1.97. The molecule has 0 saturated heterocycles. The molecule has 0 bridgehead atoms. The van der Waals surface area contributed by atoms with Crippen LogP contribution >= 0.6 is 0 Å². The summed E-state index contributed by atoms with van der Waals surface area (Å²) in [6, 6.07) is 7.73. The summed E-state index contributed by atoms with van der Waals surface area (Å²) >= 11 is 0. The molecule has 0 fully saturated rings. The summed E-state index contributed by atoms with van der Waals surface area (Å²) in [6.45, 7) is 1.83. The summed E-state index contributed by atoms with van der Waals surface area (Å²) in [6.07, 6.45) is 2.45. The summed E-state index contributed by atoms with van der Waals surface area (Å²) in [7, 11) is -0.899. The van der Waals surface area contributed by atoms with Gasteiger partial charge >= 0.3 is 0 Å². The van der Waals surface area contributed by atoms with E-state index in [1.165, 1.54) is 5.56 Å². The van der Waals surface area contributed by atoms with Gasteiger partial charge in [0.2, 0.25) is 0 Å². The van der Waals surface area contributed by atoms with Crippen LogP contribution in [0.2, 0.25) is 0 Å². The van der Waals surface area contributed by atoms with Crippen molar-refractivity contribution in [2.24, 2.45) is 0 Å². The highest BCUT2D eigenvalue weighted by atomic mass is 32.2. The van der Waals surface area contributed by atoms with E-state index in [1.807, 2.05) is 24.3 Å². The van der Waals surface area contributed by atoms with E-state index in [9.17, 15) is 4.21 Å². The van der Waals surface area contributed by atoms with Crippen LogP contribution in [0.15, 0.2) is 29.2 Å². The second-order valence-electron chi connectivity index (χ2n) is 3.35. The van der Waals surface area contributed by atoms with Gasteiger partial charge in [0.25, 0.3) is 0 Å². The molecule has 1 atom stereocenters. The smallest absolute Gasteiger partial charge is 0.0498 e. The molecule has 0 aliphatic rings. The van der Waals surface area contributed by atoms with E-state index < -0.39 is 10.8 Å². The van der Waals surface area contributed by atoms with Crippen LogP contribution < -0.4 is 5.32 Å². The number of aliphatic hydroxyl groups excluding tert-OH is 1. The maximum Gasteiger partial charge on any atom is 0.0498 e. The first-order valence-corrected chi connectivity index (χ1v) is 6.54. The molecule has 0 heterocycles. The average molecular weight is 227 g/mol. The topological polar surface area (TPSA) is 49.3 Å². The lowest BCUT2D eigenvalue weighted by molar-refractivity contribution is 0.286. The Balaban J connectivity index is 2.39. The second-order valence-corrected chi connectivity index (χ2v) is 4.73. The Morgan fingerprint density at radius 3 is 2.53 bits per heavy atom. The van der Waals surface area contributed by atoms with E-state index in [0.717, 1.165) is 24.4 Å². The van der Waals surface area contributed by atoms with Gasteiger partial charge in [0.15, 0.2) is 0 Å². The van der Waals surface area contributed by atoms with Gasteiger partial charge in [-0.15, -0.1) is 0 Å². The largest absolute Gasteiger partial charge is 0.396 e. The Labute approximate surface area is 93.0 Å². The van der Waals surface area contributed by atoms with Crippen molar-refractivity contribution >= 4 is 10.8 Å². The van der Waals surface area contributed by atoms with E-state index in [4.69, 9.17) is 5.11 Å². The van der Waals surface area contributed by atoms with Crippen LogP contribution in [-0.4, -0.2) is 28.7 Å². The van der Waals surface area contributed by atoms with Crippen LogP contribution in [0.25, 0.3) is 0 Å². The standard InChI is InChI=1S/C11H17NO2S/c1-15(14)11-5-3-10(4-6-11)9-12-7-2-8-13/h3-6,12-13H,2,7-9H2,1H3. The average Bonchev–Trinajstić information content (AvgIpc) is 2.25. The van der Waals surface area contributed by atoms with Crippen molar-refractivity contribution in [3.63, 3.8) is 0 Å². The van der Waals surface area contributed by atoms with Gasteiger partial charge < -0.3 is 10.4 Å². The van der Waals surface area contributed by atoms with Crippen LogP contribution in [-0.2, 0) is 17.3 Å². The van der Waals surface area contributed by atoms with Crippen LogP contribution in [0.1, 0.15) is 12.0 Å². The molecule has 3 nitrogen and oxygen atoms in total. The molecule has 0 amide bonds. The van der Waals surface area contributed by atoms with Gasteiger partial charge in [-0.2, -0.15) is 0 Å². The number of hydrogen-bond acceptors (Lipinski definition) is 3. The van der Waals surface area contributed by atoms with Crippen molar-refractivity contribution in [2.75, 3.05) is 19.4 Å². The monoisotopic (exact) mass is 227 g/mol. The third-order valence-electron chi connectivity index (χ3n) is 2.10. The molecule has 1 unspecified atom stereocenters. The van der Waals surface area contributed by atoms with E-state index in [1.54, 1.807) is 6.26 Å². The molecular weight excluding hydrogens is 210 g/mol. The Bertz CT molecular complexity index is 311. The summed E-state index contributed by atoms with van der Waals surface area (Å²) in [4.78, 5) is 0.856. The Kier molecular flexibility index (Phi) is 5.53. The molecule has 0 aromatic heterocycles. The van der Waals surface area contributed by atoms with Gasteiger partial charge in [-0.3, -0.25) is 4.21 Å². The summed E-state index contributed by atoms with van der Waals surface area (Å²) in [5.74, 6) is 0. The van der Waals surface area contributed by atoms with E-state index >= 15 is 0 Å². The molecule has 0 saturated carbocycles. The first-order valence-electron chi connectivity index (χ1n) is 4.98. The molecule has 84 valence electrons. The van der Waals surface area contributed by atoms with Crippen LogP contribution in [0, 0.1) is 0 Å². The molecule has 0 spiro atoms. The lowest BCUT2D eigenvalue weighted by Crippen LogP contribution is -2.15. The lowest BCUT2D eigenvalue weighted by Gasteiger charge is -2.04. The second kappa shape index (κ2) is 6.71. The third kappa shape index (κ3) is 4.55. The van der Waals surface area contributed by atoms with E-state index in [-0.39, 0.29) is 6.61 Å². The molecule has 0 aliphatic heterocycles. The highest BCUT2D eigenvalue weighted by molar-refractivity contribution is 7.84. The Morgan fingerprint density at radius 1 is 1.33 bits per heavy atom. The van der Waals surface area contributed by atoms with Crippen LogP contribution in [0.3, 0.4) is 0 Å². The normalized spacial score (nSPS) is 12.7. The van der Waals surface area contributed by atoms with Gasteiger partial charge in [-0.1, -0.05) is 12.1 Å². The minimum atomic E-state index is -0.899. The van der Waals surface area contributed by atoms with Gasteiger partial charge in [-0.05, 0) is 30.7 Å². The molecule has 1 aromatic rings. The van der Waals surface area contributed by atoms with Crippen molar-refractivity contribution in [3.05, 3.63) is 29.8 Å². The zero-order valence-electron chi connectivity index (χ0n) is 8.90. The van der Waals surface area contributed by atoms with Crippen LogP contribution in [0.5, 0.6) is 0 Å². The molecule has 0 aliphatic carbocycles. The summed E-state index contributed by atoms with van der Waals surface area (Å²) in [5.41, 5.74) is 1.17. The number of hydrogen-bond donors (Lipinski definition) is 2. The third-order valence-corrected chi connectivity index (χ3v) is 3.03. The fourth-order valence-corrected chi connectivity index (χ4v) is 1.76. The Morgan fingerprint density at radius 2 is 2.00 bits per heavy atom. The van der Waals surface area contributed by atoms with Crippen molar-refractivity contribution in [3.8, 4) is 0 Å². The van der Waals surface area contributed by atoms with Gasteiger partial charge in [0.05, 0.1) is 0 Å². The van der Waals surface area contributed by atoms with Crippen LogP contribution in [0.4, 0.5) is 0 Å². The molecule has 1 rings (SSSR count). The van der Waals surface area contributed by atoms with Crippen molar-refractivity contribution in [1.29, 1.82) is 0 Å². The Hall–Kier alpha value is -0.710. The molecule has 4 heteroatoms. The fraction of sp³-hybridized carbons (Fsp3) is 0.455. The summed E-state index contributed by atoms with van der Waals surface area (Å²) in [5, 5.41) is 11.8. The fourth-order valence-electron chi connectivity index (χ4n) is 1.24. The van der Waals surface area contributed by atoms with E-state index in [0.29, 0.717) is 0 Å². The highest BCUT2D eigenvalue weighted by Crippen LogP contribution is 2.07. The van der Waals surface area contributed by atoms with Gasteiger partial charge in [-0.25, -0.2) is 0 Å². The first kappa shape index (κ1) is 12.4. The zero-order chi connectivity index (χ0) is 11.1. The quantitative estimate of drug-likeness (QED) is 0.710. The maximum absolute atomic E-state index is 11.1. The zero-order valence-corrected chi connectivity index (χ0v) is 9.72. The van der Waals surface area contributed by atoms with E-state index in [2.05, 4.69) is 5.32 Å². The molecule has 1 aromatic carbocycles. The summed E-state index contributed by atoms with van der Waals surface area (Å²) < 4.78 is 11.1. The number of rotatable bonds is 6. The predicted molar refractivity (Wildman–Crippen MR) is 62.2 cm³/mol.